The fourth-order valence-electron chi connectivity index (χ4n) is 3.34. The third kappa shape index (κ3) is 2.71. The van der Waals surface area contributed by atoms with E-state index in [9.17, 15) is 0 Å². The number of hydrogen-bond donors (Lipinski definition) is 1. The molecule has 0 bridgehead atoms. The lowest BCUT2D eigenvalue weighted by molar-refractivity contribution is 0.380. The summed E-state index contributed by atoms with van der Waals surface area (Å²) in [5.41, 5.74) is 0.315. The highest BCUT2D eigenvalue weighted by atomic mass is 32.2. The molecule has 1 saturated carbocycles. The van der Waals surface area contributed by atoms with Crippen LogP contribution in [0.3, 0.4) is 0 Å². The zero-order valence-electron chi connectivity index (χ0n) is 12.3. The first kappa shape index (κ1) is 14.2. The average Bonchev–Trinajstić information content (AvgIpc) is 2.96. The molecule has 3 atom stereocenters. The van der Waals surface area contributed by atoms with Gasteiger partial charge in [-0.05, 0) is 37.5 Å². The first-order valence-electron chi connectivity index (χ1n) is 7.63. The zero-order chi connectivity index (χ0) is 13.2. The van der Waals surface area contributed by atoms with Crippen LogP contribution in [0.1, 0.15) is 59.8 Å². The molecule has 0 aromatic heterocycles. The Balaban J connectivity index is 1.99. The fourth-order valence-corrected chi connectivity index (χ4v) is 4.73. The summed E-state index contributed by atoms with van der Waals surface area (Å²) in [6.07, 6.45) is 6.38. The summed E-state index contributed by atoms with van der Waals surface area (Å²) in [6, 6.07) is 0.564. The molecule has 2 aliphatic rings. The van der Waals surface area contributed by atoms with Crippen molar-refractivity contribution in [3.63, 3.8) is 0 Å². The van der Waals surface area contributed by atoms with E-state index in [0.717, 1.165) is 11.8 Å². The maximum atomic E-state index is 5.01. The van der Waals surface area contributed by atoms with Crippen LogP contribution in [0.2, 0.25) is 0 Å². The topological polar surface area (TPSA) is 24.4 Å². The Bertz CT molecular complexity index is 310. The van der Waals surface area contributed by atoms with Crippen molar-refractivity contribution in [2.24, 2.45) is 16.8 Å². The lowest BCUT2D eigenvalue weighted by Crippen LogP contribution is -2.42. The summed E-state index contributed by atoms with van der Waals surface area (Å²) in [4.78, 5) is 5.01. The number of nitrogens with zero attached hydrogens (tertiary/aromatic N) is 1. The van der Waals surface area contributed by atoms with E-state index < -0.39 is 0 Å². The molecule has 104 valence electrons. The SMILES string of the molecule is CCC1CCC(N=C2NC(CC)(CC)CS2)C1C. The van der Waals surface area contributed by atoms with E-state index >= 15 is 0 Å². The van der Waals surface area contributed by atoms with Gasteiger partial charge in [-0.25, -0.2) is 0 Å². The van der Waals surface area contributed by atoms with E-state index in [-0.39, 0.29) is 0 Å². The van der Waals surface area contributed by atoms with E-state index in [4.69, 9.17) is 4.99 Å². The molecule has 1 aliphatic heterocycles. The van der Waals surface area contributed by atoms with Crippen LogP contribution in [0.4, 0.5) is 0 Å². The van der Waals surface area contributed by atoms with Gasteiger partial charge in [0.1, 0.15) is 0 Å². The maximum Gasteiger partial charge on any atom is 0.157 e. The lowest BCUT2D eigenvalue weighted by atomic mass is 9.94. The van der Waals surface area contributed by atoms with Crippen LogP contribution in [0.25, 0.3) is 0 Å². The minimum absolute atomic E-state index is 0.315. The van der Waals surface area contributed by atoms with Crippen LogP contribution in [-0.2, 0) is 0 Å². The lowest BCUT2D eigenvalue weighted by Gasteiger charge is -2.25. The number of rotatable bonds is 4. The van der Waals surface area contributed by atoms with Gasteiger partial charge in [-0.3, -0.25) is 4.99 Å². The second kappa shape index (κ2) is 5.85. The summed E-state index contributed by atoms with van der Waals surface area (Å²) < 4.78 is 0. The molecule has 0 radical (unpaired) electrons. The Morgan fingerprint density at radius 1 is 1.28 bits per heavy atom. The molecular weight excluding hydrogens is 240 g/mol. The molecular formula is C15H28N2S. The third-order valence-electron chi connectivity index (χ3n) is 5.20. The summed E-state index contributed by atoms with van der Waals surface area (Å²) in [5, 5.41) is 4.91. The Morgan fingerprint density at radius 2 is 2.00 bits per heavy atom. The molecule has 3 heteroatoms. The van der Waals surface area contributed by atoms with Gasteiger partial charge < -0.3 is 5.32 Å². The Hall–Kier alpha value is -0.180. The molecule has 2 rings (SSSR count). The first-order valence-corrected chi connectivity index (χ1v) is 8.61. The van der Waals surface area contributed by atoms with Crippen LogP contribution in [0, 0.1) is 11.8 Å². The smallest absolute Gasteiger partial charge is 0.157 e. The number of thioether (sulfide) groups is 1. The quantitative estimate of drug-likeness (QED) is 0.831. The van der Waals surface area contributed by atoms with Crippen molar-refractivity contribution in [1.82, 2.24) is 5.32 Å². The van der Waals surface area contributed by atoms with E-state index in [1.165, 1.54) is 43.0 Å². The van der Waals surface area contributed by atoms with Crippen molar-refractivity contribution in [3.05, 3.63) is 0 Å². The molecule has 0 spiro atoms. The predicted octanol–water partition coefficient (Wildman–Crippen LogP) is 4.06. The van der Waals surface area contributed by atoms with Crippen molar-refractivity contribution in [1.29, 1.82) is 0 Å². The van der Waals surface area contributed by atoms with Crippen molar-refractivity contribution < 1.29 is 0 Å². The monoisotopic (exact) mass is 268 g/mol. The summed E-state index contributed by atoms with van der Waals surface area (Å²) in [6.45, 7) is 9.28. The third-order valence-corrected chi connectivity index (χ3v) is 6.38. The van der Waals surface area contributed by atoms with Crippen LogP contribution < -0.4 is 5.32 Å². The number of amidine groups is 1. The van der Waals surface area contributed by atoms with E-state index in [1.54, 1.807) is 0 Å². The number of nitrogens with one attached hydrogen (secondary N) is 1. The van der Waals surface area contributed by atoms with Crippen LogP contribution >= 0.6 is 11.8 Å². The van der Waals surface area contributed by atoms with Crippen molar-refractivity contribution in [3.8, 4) is 0 Å². The van der Waals surface area contributed by atoms with E-state index in [2.05, 4.69) is 33.0 Å². The van der Waals surface area contributed by atoms with Gasteiger partial charge >= 0.3 is 0 Å². The molecule has 2 nitrogen and oxygen atoms in total. The number of hydrogen-bond acceptors (Lipinski definition) is 2. The molecule has 1 saturated heterocycles. The Labute approximate surface area is 116 Å². The molecule has 1 heterocycles. The standard InChI is InChI=1S/C15H28N2S/c1-5-12-8-9-13(11(12)4)16-14-17-15(6-2,7-3)10-18-14/h11-13H,5-10H2,1-4H3,(H,16,17). The van der Waals surface area contributed by atoms with Crippen LogP contribution in [0.5, 0.6) is 0 Å². The molecule has 18 heavy (non-hydrogen) atoms. The molecule has 1 aliphatic carbocycles. The zero-order valence-corrected chi connectivity index (χ0v) is 13.1. The van der Waals surface area contributed by atoms with Gasteiger partial charge in [0.15, 0.2) is 5.17 Å². The average molecular weight is 268 g/mol. The highest BCUT2D eigenvalue weighted by molar-refractivity contribution is 8.14. The fraction of sp³-hybridized carbons (Fsp3) is 0.933. The van der Waals surface area contributed by atoms with E-state index in [0.29, 0.717) is 11.6 Å². The molecule has 2 fully saturated rings. The maximum absolute atomic E-state index is 5.01. The van der Waals surface area contributed by atoms with Gasteiger partial charge in [-0.2, -0.15) is 0 Å². The van der Waals surface area contributed by atoms with Crippen molar-refractivity contribution >= 4 is 16.9 Å². The molecule has 3 unspecified atom stereocenters. The second-order valence-corrected chi connectivity index (χ2v) is 6.97. The molecule has 0 aromatic rings. The van der Waals surface area contributed by atoms with Crippen molar-refractivity contribution in [2.45, 2.75) is 71.4 Å². The minimum Gasteiger partial charge on any atom is -0.359 e. The largest absolute Gasteiger partial charge is 0.359 e. The molecule has 1 N–H and O–H groups in total. The minimum atomic E-state index is 0.315. The van der Waals surface area contributed by atoms with Gasteiger partial charge in [0.2, 0.25) is 0 Å². The molecule has 0 amide bonds. The van der Waals surface area contributed by atoms with Crippen LogP contribution in [0.15, 0.2) is 4.99 Å². The van der Waals surface area contributed by atoms with Gasteiger partial charge in [0.05, 0.1) is 6.04 Å². The highest BCUT2D eigenvalue weighted by Gasteiger charge is 2.36. The Morgan fingerprint density at radius 3 is 2.50 bits per heavy atom. The summed E-state index contributed by atoms with van der Waals surface area (Å²) in [5.74, 6) is 2.85. The van der Waals surface area contributed by atoms with Crippen LogP contribution in [-0.4, -0.2) is 22.5 Å². The van der Waals surface area contributed by atoms with Gasteiger partial charge in [0.25, 0.3) is 0 Å². The summed E-state index contributed by atoms with van der Waals surface area (Å²) >= 11 is 1.94. The number of aliphatic imine (C=N–C) groups is 1. The van der Waals surface area contributed by atoms with Crippen molar-refractivity contribution in [2.75, 3.05) is 5.75 Å². The van der Waals surface area contributed by atoms with Gasteiger partial charge in [0, 0.05) is 11.3 Å². The Kier molecular flexibility index (Phi) is 4.63. The normalized spacial score (nSPS) is 37.1. The highest BCUT2D eigenvalue weighted by Crippen LogP contribution is 2.37. The van der Waals surface area contributed by atoms with Gasteiger partial charge in [-0.1, -0.05) is 45.9 Å². The second-order valence-electron chi connectivity index (χ2n) is 6.01. The van der Waals surface area contributed by atoms with E-state index in [1.807, 2.05) is 11.8 Å². The molecule has 0 aromatic carbocycles. The summed E-state index contributed by atoms with van der Waals surface area (Å²) in [7, 11) is 0. The van der Waals surface area contributed by atoms with Gasteiger partial charge in [-0.15, -0.1) is 0 Å². The first-order chi connectivity index (χ1) is 8.64. The predicted molar refractivity (Wildman–Crippen MR) is 82.3 cm³/mol.